The lowest BCUT2D eigenvalue weighted by Crippen LogP contribution is -2.23. The van der Waals surface area contributed by atoms with Crippen LogP contribution in [0.15, 0.2) is 71.1 Å². The molecule has 138 valence electrons. The molecule has 1 aromatic heterocycles. The zero-order chi connectivity index (χ0) is 19.1. The number of carbonyl (C=O) groups excluding carboxylic acids is 2. The third kappa shape index (κ3) is 4.76. The quantitative estimate of drug-likeness (QED) is 0.648. The van der Waals surface area contributed by atoms with Crippen molar-refractivity contribution >= 4 is 11.9 Å². The van der Waals surface area contributed by atoms with E-state index in [-0.39, 0.29) is 18.3 Å². The Hall–Kier alpha value is -3.54. The summed E-state index contributed by atoms with van der Waals surface area (Å²) in [6.07, 6.45) is 0. The van der Waals surface area contributed by atoms with Gasteiger partial charge < -0.3 is 19.2 Å². The number of methoxy groups -OCH3 is 1. The normalized spacial score (nSPS) is 10.3. The largest absolute Gasteiger partial charge is 0.485 e. The Kier molecular flexibility index (Phi) is 5.89. The van der Waals surface area contributed by atoms with Gasteiger partial charge in [0.05, 0.1) is 12.7 Å². The number of amides is 1. The fourth-order valence-corrected chi connectivity index (χ4v) is 2.47. The molecule has 0 bridgehead atoms. The van der Waals surface area contributed by atoms with Crippen molar-refractivity contribution in [1.82, 2.24) is 5.32 Å². The summed E-state index contributed by atoms with van der Waals surface area (Å²) in [5.41, 5.74) is 1.43. The number of hydrogen-bond acceptors (Lipinski definition) is 5. The number of esters is 1. The van der Waals surface area contributed by atoms with Gasteiger partial charge in [-0.2, -0.15) is 0 Å². The van der Waals surface area contributed by atoms with Crippen LogP contribution in [0.5, 0.6) is 5.75 Å². The number of para-hydroxylation sites is 1. The molecule has 0 atom stereocenters. The molecule has 0 saturated heterocycles. The van der Waals surface area contributed by atoms with Crippen molar-refractivity contribution in [2.24, 2.45) is 0 Å². The first-order valence-corrected chi connectivity index (χ1v) is 8.38. The van der Waals surface area contributed by atoms with E-state index >= 15 is 0 Å². The molecule has 0 aliphatic heterocycles. The number of furan rings is 1. The second kappa shape index (κ2) is 8.71. The molecule has 3 rings (SSSR count). The molecule has 6 nitrogen and oxygen atoms in total. The maximum Gasteiger partial charge on any atom is 0.373 e. The molecule has 0 unspecified atom stereocenters. The Balaban J connectivity index is 1.64. The van der Waals surface area contributed by atoms with Gasteiger partial charge in [-0.05, 0) is 29.8 Å². The first-order valence-electron chi connectivity index (χ1n) is 8.38. The summed E-state index contributed by atoms with van der Waals surface area (Å²) in [4.78, 5) is 23.9. The number of ether oxygens (including phenoxy) is 2. The molecule has 0 radical (unpaired) electrons. The lowest BCUT2D eigenvalue weighted by molar-refractivity contribution is 0.0561. The van der Waals surface area contributed by atoms with Gasteiger partial charge in [0, 0.05) is 6.54 Å². The summed E-state index contributed by atoms with van der Waals surface area (Å²) >= 11 is 0. The van der Waals surface area contributed by atoms with E-state index in [0.29, 0.717) is 23.6 Å². The number of hydrogen-bond donors (Lipinski definition) is 1. The van der Waals surface area contributed by atoms with Crippen LogP contribution in [0, 0.1) is 0 Å². The van der Waals surface area contributed by atoms with Crippen LogP contribution in [-0.4, -0.2) is 19.0 Å². The Morgan fingerprint density at radius 2 is 1.70 bits per heavy atom. The van der Waals surface area contributed by atoms with Gasteiger partial charge in [-0.25, -0.2) is 4.79 Å². The van der Waals surface area contributed by atoms with E-state index in [2.05, 4.69) is 10.1 Å². The van der Waals surface area contributed by atoms with Crippen LogP contribution in [-0.2, 0) is 17.9 Å². The summed E-state index contributed by atoms with van der Waals surface area (Å²) in [6, 6.07) is 19.8. The highest BCUT2D eigenvalue weighted by atomic mass is 16.5. The minimum atomic E-state index is -0.554. The minimum absolute atomic E-state index is 0.0833. The van der Waals surface area contributed by atoms with Gasteiger partial charge in [-0.3, -0.25) is 4.79 Å². The molecular formula is C21H19NO5. The van der Waals surface area contributed by atoms with Gasteiger partial charge in [-0.15, -0.1) is 0 Å². The fraction of sp³-hybridized carbons (Fsp3) is 0.143. The summed E-state index contributed by atoms with van der Waals surface area (Å²) in [6.45, 7) is 0.509. The van der Waals surface area contributed by atoms with Crippen molar-refractivity contribution in [3.8, 4) is 5.75 Å². The van der Waals surface area contributed by atoms with Gasteiger partial charge in [0.25, 0.3) is 5.91 Å². The van der Waals surface area contributed by atoms with Crippen molar-refractivity contribution in [1.29, 1.82) is 0 Å². The summed E-state index contributed by atoms with van der Waals surface area (Å²) in [7, 11) is 1.28. The molecule has 2 aromatic carbocycles. The van der Waals surface area contributed by atoms with Crippen LogP contribution in [0.1, 0.15) is 32.2 Å². The Labute approximate surface area is 156 Å². The van der Waals surface area contributed by atoms with Crippen LogP contribution in [0.3, 0.4) is 0 Å². The van der Waals surface area contributed by atoms with E-state index in [1.165, 1.54) is 13.2 Å². The maximum absolute atomic E-state index is 12.5. The second-order valence-electron chi connectivity index (χ2n) is 5.71. The zero-order valence-electron chi connectivity index (χ0n) is 14.8. The average molecular weight is 365 g/mol. The molecule has 0 aliphatic carbocycles. The van der Waals surface area contributed by atoms with Gasteiger partial charge in [-0.1, -0.05) is 42.5 Å². The summed E-state index contributed by atoms with van der Waals surface area (Å²) < 4.78 is 15.7. The predicted octanol–water partition coefficient (Wildman–Crippen LogP) is 3.58. The highest BCUT2D eigenvalue weighted by Gasteiger charge is 2.14. The van der Waals surface area contributed by atoms with Crippen molar-refractivity contribution < 1.29 is 23.5 Å². The lowest BCUT2D eigenvalue weighted by Gasteiger charge is -2.11. The molecule has 3 aromatic rings. The van der Waals surface area contributed by atoms with Crippen molar-refractivity contribution in [3.63, 3.8) is 0 Å². The Morgan fingerprint density at radius 3 is 2.48 bits per heavy atom. The van der Waals surface area contributed by atoms with E-state index in [4.69, 9.17) is 9.15 Å². The SMILES string of the molecule is COC(=O)c1ccc(COc2ccccc2C(=O)NCc2ccccc2)o1. The third-order valence-corrected chi connectivity index (χ3v) is 3.85. The van der Waals surface area contributed by atoms with Gasteiger partial charge in [0.2, 0.25) is 5.76 Å². The average Bonchev–Trinajstić information content (AvgIpc) is 3.20. The monoisotopic (exact) mass is 365 g/mol. The Morgan fingerprint density at radius 1 is 0.963 bits per heavy atom. The molecule has 0 spiro atoms. The molecular weight excluding hydrogens is 346 g/mol. The zero-order valence-corrected chi connectivity index (χ0v) is 14.8. The molecule has 0 fully saturated rings. The van der Waals surface area contributed by atoms with Crippen LogP contribution >= 0.6 is 0 Å². The number of benzene rings is 2. The maximum atomic E-state index is 12.5. The standard InChI is InChI=1S/C21H19NO5/c1-25-21(24)19-12-11-16(27-19)14-26-18-10-6-5-9-17(18)20(23)22-13-15-7-3-2-4-8-15/h2-12H,13-14H2,1H3,(H,22,23). The van der Waals surface area contributed by atoms with E-state index in [0.717, 1.165) is 5.56 Å². The van der Waals surface area contributed by atoms with Crippen molar-refractivity contribution in [2.75, 3.05) is 7.11 Å². The summed E-state index contributed by atoms with van der Waals surface area (Å²) in [5, 5.41) is 2.88. The number of nitrogens with one attached hydrogen (secondary N) is 1. The van der Waals surface area contributed by atoms with Gasteiger partial charge >= 0.3 is 5.97 Å². The molecule has 27 heavy (non-hydrogen) atoms. The fourth-order valence-electron chi connectivity index (χ4n) is 2.47. The lowest BCUT2D eigenvalue weighted by atomic mass is 10.1. The van der Waals surface area contributed by atoms with Crippen molar-refractivity contribution in [2.45, 2.75) is 13.2 Å². The van der Waals surface area contributed by atoms with E-state index in [1.54, 1.807) is 30.3 Å². The first kappa shape index (κ1) is 18.3. The molecule has 1 N–H and O–H groups in total. The van der Waals surface area contributed by atoms with Crippen LogP contribution < -0.4 is 10.1 Å². The molecule has 0 aliphatic rings. The Bertz CT molecular complexity index is 917. The third-order valence-electron chi connectivity index (χ3n) is 3.85. The molecule has 6 heteroatoms. The summed E-state index contributed by atoms with van der Waals surface area (Å²) in [5.74, 6) is 0.199. The highest BCUT2D eigenvalue weighted by Crippen LogP contribution is 2.20. The topological polar surface area (TPSA) is 77.8 Å². The second-order valence-corrected chi connectivity index (χ2v) is 5.71. The van der Waals surface area contributed by atoms with E-state index in [1.807, 2.05) is 30.3 Å². The number of rotatable bonds is 7. The van der Waals surface area contributed by atoms with E-state index in [9.17, 15) is 9.59 Å². The molecule has 1 heterocycles. The minimum Gasteiger partial charge on any atom is -0.485 e. The van der Waals surface area contributed by atoms with Gasteiger partial charge in [0.15, 0.2) is 0 Å². The molecule has 0 saturated carbocycles. The van der Waals surface area contributed by atoms with Crippen molar-refractivity contribution in [3.05, 3.63) is 89.4 Å². The molecule has 1 amide bonds. The first-order chi connectivity index (χ1) is 13.2. The smallest absolute Gasteiger partial charge is 0.373 e. The highest BCUT2D eigenvalue weighted by molar-refractivity contribution is 5.96. The van der Waals surface area contributed by atoms with Crippen LogP contribution in [0.25, 0.3) is 0 Å². The predicted molar refractivity (Wildman–Crippen MR) is 98.4 cm³/mol. The van der Waals surface area contributed by atoms with E-state index < -0.39 is 5.97 Å². The van der Waals surface area contributed by atoms with Crippen LogP contribution in [0.2, 0.25) is 0 Å². The number of carbonyl (C=O) groups is 2. The van der Waals surface area contributed by atoms with Gasteiger partial charge in [0.1, 0.15) is 18.1 Å². The van der Waals surface area contributed by atoms with Crippen LogP contribution in [0.4, 0.5) is 0 Å².